The van der Waals surface area contributed by atoms with Crippen LogP contribution in [0.2, 0.25) is 0 Å². The molecule has 0 amide bonds. The van der Waals surface area contributed by atoms with Crippen LogP contribution in [0.25, 0.3) is 90.3 Å². The molecule has 0 radical (unpaired) electrons. The van der Waals surface area contributed by atoms with Gasteiger partial charge in [0.05, 0.1) is 16.8 Å². The van der Waals surface area contributed by atoms with Crippen molar-refractivity contribution in [1.29, 1.82) is 0 Å². The molecule has 0 fully saturated rings. The Morgan fingerprint density at radius 2 is 0.605 bits per heavy atom. The van der Waals surface area contributed by atoms with E-state index in [0.717, 1.165) is 55.9 Å². The van der Waals surface area contributed by atoms with Crippen molar-refractivity contribution in [2.24, 2.45) is 0 Å². The van der Waals surface area contributed by atoms with Crippen LogP contribution >= 0.6 is 0 Å². The maximum absolute atomic E-state index is 5.38. The van der Waals surface area contributed by atoms with Gasteiger partial charge in [-0.25, -0.2) is 24.9 Å². The summed E-state index contributed by atoms with van der Waals surface area (Å²) in [5, 5.41) is 0. The van der Waals surface area contributed by atoms with Crippen molar-refractivity contribution in [3.8, 4) is 90.3 Å². The third-order valence-electron chi connectivity index (χ3n) is 17.0. The van der Waals surface area contributed by atoms with E-state index in [1.807, 2.05) is 42.5 Å². The lowest BCUT2D eigenvalue weighted by molar-refractivity contribution is 0.754. The van der Waals surface area contributed by atoms with E-state index in [1.165, 1.54) is 66.8 Å². The molecule has 2 heterocycles. The fraction of sp³-hybridized carbons (Fsp3) is 0.0395. The monoisotopic (exact) mass is 1030 g/mol. The van der Waals surface area contributed by atoms with E-state index in [2.05, 4.69) is 243 Å². The second kappa shape index (κ2) is 18.9. The molecule has 378 valence electrons. The lowest BCUT2D eigenvalue weighted by Crippen LogP contribution is -2.28. The Kier molecular flexibility index (Phi) is 10.9. The van der Waals surface area contributed by atoms with Crippen molar-refractivity contribution in [3.05, 3.63) is 341 Å². The minimum atomic E-state index is -0.454. The first kappa shape index (κ1) is 46.6. The number of aromatic nitrogens is 5. The molecular weight excluding hydrogens is 983 g/mol. The van der Waals surface area contributed by atoms with Crippen LogP contribution in [0.3, 0.4) is 0 Å². The van der Waals surface area contributed by atoms with Crippen molar-refractivity contribution >= 4 is 0 Å². The van der Waals surface area contributed by atoms with E-state index in [0.29, 0.717) is 23.3 Å². The van der Waals surface area contributed by atoms with Crippen molar-refractivity contribution in [1.82, 2.24) is 24.9 Å². The van der Waals surface area contributed by atoms with Gasteiger partial charge in [0.15, 0.2) is 23.3 Å². The van der Waals surface area contributed by atoms with Crippen LogP contribution in [0.1, 0.15) is 67.5 Å². The van der Waals surface area contributed by atoms with Gasteiger partial charge in [0, 0.05) is 45.2 Å². The SMILES string of the molecule is c1ccc(-c2nc(-c3cccc(-c4ccc5c(c4)-c4ccccc4C5(c4ccccc4)c4ccccc4)c3)cc(-c3ccc4c(c3)C3c5ccccc5C4c4cc(-c5nc(-c6ccccc6)nc(-c6ccccc6)n5)ccc43)n2)cc1. The van der Waals surface area contributed by atoms with Crippen LogP contribution in [0.4, 0.5) is 0 Å². The zero-order valence-corrected chi connectivity index (χ0v) is 44.0. The van der Waals surface area contributed by atoms with E-state index in [9.17, 15) is 0 Å². The molecule has 5 nitrogen and oxygen atoms in total. The third-order valence-corrected chi connectivity index (χ3v) is 17.0. The van der Waals surface area contributed by atoms with Gasteiger partial charge in [-0.2, -0.15) is 0 Å². The van der Waals surface area contributed by atoms with Crippen molar-refractivity contribution < 1.29 is 0 Å². The molecule has 13 aromatic rings. The highest BCUT2D eigenvalue weighted by molar-refractivity contribution is 5.89. The molecule has 4 aliphatic carbocycles. The number of benzene rings is 11. The van der Waals surface area contributed by atoms with Gasteiger partial charge in [0.25, 0.3) is 0 Å². The van der Waals surface area contributed by atoms with Gasteiger partial charge >= 0.3 is 0 Å². The molecule has 2 aromatic heterocycles. The fourth-order valence-corrected chi connectivity index (χ4v) is 13.4. The Hall–Kier alpha value is -10.5. The summed E-state index contributed by atoms with van der Waals surface area (Å²) in [6, 6.07) is 103. The van der Waals surface area contributed by atoms with Crippen LogP contribution < -0.4 is 0 Å². The Morgan fingerprint density at radius 3 is 1.17 bits per heavy atom. The smallest absolute Gasteiger partial charge is 0.164 e. The van der Waals surface area contributed by atoms with Crippen LogP contribution in [0.15, 0.2) is 285 Å². The Labute approximate surface area is 470 Å². The lowest BCUT2D eigenvalue weighted by atomic mass is 9.60. The standard InChI is InChI=1S/C76H49N5/c1-6-21-48(22-7-1)72-77-68(53-28-20-27-51(43-53)52-39-42-67-63(44-52)58-33-18-19-36-66(58)76(67,56-29-12-4-13-30-56)57-31-14-5-15-32-57)47-69(78-72)54-37-40-61-64(45-54)70-59-34-16-17-35-60(59)71(61)65-46-55(38-41-62(65)70)75-80-73(49-23-8-2-9-24-49)79-74(81-75)50-25-10-3-11-26-50/h1-47,70-71H. The van der Waals surface area contributed by atoms with E-state index in [1.54, 1.807) is 0 Å². The van der Waals surface area contributed by atoms with Crippen LogP contribution in [0, 0.1) is 0 Å². The summed E-state index contributed by atoms with van der Waals surface area (Å²) in [7, 11) is 0. The van der Waals surface area contributed by atoms with Gasteiger partial charge in [-0.05, 0) is 108 Å². The number of nitrogens with zero attached hydrogens (tertiary/aromatic N) is 5. The zero-order chi connectivity index (χ0) is 53.4. The molecule has 2 unspecified atom stereocenters. The van der Waals surface area contributed by atoms with Gasteiger partial charge < -0.3 is 0 Å². The minimum Gasteiger partial charge on any atom is -0.228 e. The molecular formula is C76H49N5. The van der Waals surface area contributed by atoms with Crippen LogP contribution in [-0.2, 0) is 5.41 Å². The quantitative estimate of drug-likeness (QED) is 0.144. The first-order valence-corrected chi connectivity index (χ1v) is 27.8. The molecule has 0 saturated carbocycles. The topological polar surface area (TPSA) is 64.5 Å². The van der Waals surface area contributed by atoms with Crippen LogP contribution in [-0.4, -0.2) is 24.9 Å². The average molecular weight is 1030 g/mol. The highest BCUT2D eigenvalue weighted by atomic mass is 15.0. The maximum atomic E-state index is 5.38. The second-order valence-electron chi connectivity index (χ2n) is 21.4. The van der Waals surface area contributed by atoms with E-state index in [4.69, 9.17) is 24.9 Å². The first-order chi connectivity index (χ1) is 40.1. The fourth-order valence-electron chi connectivity index (χ4n) is 13.4. The first-order valence-electron chi connectivity index (χ1n) is 27.8. The molecule has 0 aliphatic heterocycles. The molecule has 17 rings (SSSR count). The van der Waals surface area contributed by atoms with E-state index in [-0.39, 0.29) is 11.8 Å². The van der Waals surface area contributed by atoms with Crippen molar-refractivity contribution in [3.63, 3.8) is 0 Å². The molecule has 0 saturated heterocycles. The Balaban J connectivity index is 0.792. The molecule has 11 aromatic carbocycles. The van der Waals surface area contributed by atoms with Gasteiger partial charge in [0.2, 0.25) is 0 Å². The number of hydrogen-bond donors (Lipinski definition) is 0. The minimum absolute atomic E-state index is 0.0265. The second-order valence-corrected chi connectivity index (χ2v) is 21.4. The third kappa shape index (κ3) is 7.57. The average Bonchev–Trinajstić information content (AvgIpc) is 4.05. The number of fused-ring (bicyclic) bond motifs is 3. The molecule has 0 N–H and O–H groups in total. The predicted octanol–water partition coefficient (Wildman–Crippen LogP) is 17.7. The maximum Gasteiger partial charge on any atom is 0.164 e. The summed E-state index contributed by atoms with van der Waals surface area (Å²) in [6.07, 6.45) is 0. The molecule has 81 heavy (non-hydrogen) atoms. The molecule has 5 heteroatoms. The zero-order valence-electron chi connectivity index (χ0n) is 44.0. The van der Waals surface area contributed by atoms with Crippen molar-refractivity contribution in [2.75, 3.05) is 0 Å². The summed E-state index contributed by atoms with van der Waals surface area (Å²) >= 11 is 0. The van der Waals surface area contributed by atoms with Gasteiger partial charge in [0.1, 0.15) is 0 Å². The number of hydrogen-bond acceptors (Lipinski definition) is 5. The Morgan fingerprint density at radius 1 is 0.222 bits per heavy atom. The summed E-state index contributed by atoms with van der Waals surface area (Å²) < 4.78 is 0. The van der Waals surface area contributed by atoms with E-state index >= 15 is 0 Å². The largest absolute Gasteiger partial charge is 0.228 e. The molecule has 4 aliphatic rings. The van der Waals surface area contributed by atoms with Crippen LogP contribution in [0.5, 0.6) is 0 Å². The molecule has 2 atom stereocenters. The summed E-state index contributed by atoms with van der Waals surface area (Å²) in [5.41, 5.74) is 25.0. The van der Waals surface area contributed by atoms with E-state index < -0.39 is 5.41 Å². The predicted molar refractivity (Wildman–Crippen MR) is 326 cm³/mol. The summed E-state index contributed by atoms with van der Waals surface area (Å²) in [6.45, 7) is 0. The summed E-state index contributed by atoms with van der Waals surface area (Å²) in [4.78, 5) is 26.0. The van der Waals surface area contributed by atoms with Gasteiger partial charge in [-0.1, -0.05) is 255 Å². The molecule has 0 spiro atoms. The van der Waals surface area contributed by atoms with Gasteiger partial charge in [-0.15, -0.1) is 0 Å². The number of rotatable bonds is 9. The molecule has 2 bridgehead atoms. The van der Waals surface area contributed by atoms with Gasteiger partial charge in [-0.3, -0.25) is 0 Å². The highest BCUT2D eigenvalue weighted by Crippen LogP contribution is 2.58. The highest BCUT2D eigenvalue weighted by Gasteiger charge is 2.46. The summed E-state index contributed by atoms with van der Waals surface area (Å²) in [5.74, 6) is 2.70. The Bertz CT molecular complexity index is 4480. The lowest BCUT2D eigenvalue weighted by Gasteiger charge is -2.42. The normalized spacial score (nSPS) is 14.8. The van der Waals surface area contributed by atoms with Crippen molar-refractivity contribution in [2.45, 2.75) is 17.3 Å².